The largest absolute Gasteiger partial charge is 0.480 e. The first kappa shape index (κ1) is 25.7. The highest BCUT2D eigenvalue weighted by atomic mass is 19.1. The van der Waals surface area contributed by atoms with Gasteiger partial charge in [0.25, 0.3) is 0 Å². The van der Waals surface area contributed by atoms with E-state index in [9.17, 15) is 19.1 Å². The van der Waals surface area contributed by atoms with Gasteiger partial charge in [-0.1, -0.05) is 37.3 Å². The van der Waals surface area contributed by atoms with Crippen LogP contribution < -0.4 is 10.7 Å². The summed E-state index contributed by atoms with van der Waals surface area (Å²) in [5.41, 5.74) is 5.47. The predicted octanol–water partition coefficient (Wildman–Crippen LogP) is 4.54. The van der Waals surface area contributed by atoms with Gasteiger partial charge in [-0.15, -0.1) is 0 Å². The van der Waals surface area contributed by atoms with Gasteiger partial charge in [-0.3, -0.25) is 4.79 Å². The summed E-state index contributed by atoms with van der Waals surface area (Å²) >= 11 is 0. The molecule has 1 aromatic heterocycles. The average Bonchev–Trinajstić information content (AvgIpc) is 3.30. The Morgan fingerprint density at radius 3 is 2.53 bits per heavy atom. The zero-order valence-corrected chi connectivity index (χ0v) is 20.9. The van der Waals surface area contributed by atoms with Crippen molar-refractivity contribution in [3.63, 3.8) is 0 Å². The van der Waals surface area contributed by atoms with E-state index in [1.165, 1.54) is 12.1 Å². The predicted molar refractivity (Wildman–Crippen MR) is 135 cm³/mol. The average molecular weight is 497 g/mol. The maximum atomic E-state index is 13.4. The number of hydrazine groups is 1. The number of fused-ring (bicyclic) bond motifs is 1. The Morgan fingerprint density at radius 2 is 1.86 bits per heavy atom. The first-order valence-corrected chi connectivity index (χ1v) is 12.1. The molecule has 4 rings (SSSR count). The summed E-state index contributed by atoms with van der Waals surface area (Å²) in [6.07, 6.45) is 1.67. The van der Waals surface area contributed by atoms with Gasteiger partial charge in [0.2, 0.25) is 0 Å². The topological polar surface area (TPSA) is 106 Å². The Bertz CT molecular complexity index is 1220. The van der Waals surface area contributed by atoms with Crippen molar-refractivity contribution in [3.8, 4) is 0 Å². The number of nitrogens with zero attached hydrogens (tertiary/aromatic N) is 1. The van der Waals surface area contributed by atoms with Gasteiger partial charge >= 0.3 is 12.1 Å². The Labute approximate surface area is 209 Å². The number of carbonyl (C=O) groups excluding carboxylic acids is 1. The zero-order chi connectivity index (χ0) is 26.0. The fourth-order valence-electron chi connectivity index (χ4n) is 4.53. The number of benzene rings is 2. The molecule has 0 saturated carbocycles. The number of aliphatic carboxylic acids is 1. The number of alkyl carbamates (subject to hydrolysis) is 1. The van der Waals surface area contributed by atoms with Crippen molar-refractivity contribution in [3.05, 3.63) is 71.7 Å². The molecule has 2 aromatic carbocycles. The minimum atomic E-state index is -0.935. The van der Waals surface area contributed by atoms with E-state index in [2.05, 4.69) is 15.7 Å². The number of rotatable bonds is 9. The lowest BCUT2D eigenvalue weighted by Crippen LogP contribution is -2.50. The molecule has 3 unspecified atom stereocenters. The van der Waals surface area contributed by atoms with Gasteiger partial charge in [0.1, 0.15) is 17.5 Å². The Kier molecular flexibility index (Phi) is 7.33. The van der Waals surface area contributed by atoms with E-state index < -0.39 is 29.9 Å². The van der Waals surface area contributed by atoms with Crippen LogP contribution in [0.5, 0.6) is 0 Å². The van der Waals surface area contributed by atoms with Gasteiger partial charge < -0.3 is 20.1 Å². The van der Waals surface area contributed by atoms with Gasteiger partial charge in [0.15, 0.2) is 0 Å². The van der Waals surface area contributed by atoms with Gasteiger partial charge in [-0.2, -0.15) is 0 Å². The third-order valence-corrected chi connectivity index (χ3v) is 6.31. The standard InChI is InChI=1S/C27H33FN4O4/c1-16(17-9-11-19(28)12-10-17)13-23(30-26(35)36-27(2,3)4)31-32-22(24(32)25(33)34)14-18-15-29-21-8-6-5-7-20(18)21/h5-12,15-16,22-24,29,31H,13-14H2,1-4H3,(H,30,35)(H,33,34)/t16?,22-,23?,24-,32?/m1/s1. The number of hydrogen-bond donors (Lipinski definition) is 4. The fourth-order valence-corrected chi connectivity index (χ4v) is 4.53. The van der Waals surface area contributed by atoms with E-state index >= 15 is 0 Å². The summed E-state index contributed by atoms with van der Waals surface area (Å²) < 4.78 is 18.8. The number of carbonyl (C=O) groups is 2. The number of nitrogens with one attached hydrogen (secondary N) is 3. The molecule has 0 spiro atoms. The van der Waals surface area contributed by atoms with Crippen LogP contribution in [0.4, 0.5) is 9.18 Å². The normalized spacial score (nSPS) is 21.1. The molecule has 1 amide bonds. The summed E-state index contributed by atoms with van der Waals surface area (Å²) in [6, 6.07) is 13.1. The van der Waals surface area contributed by atoms with E-state index in [4.69, 9.17) is 4.74 Å². The van der Waals surface area contributed by atoms with Gasteiger partial charge in [-0.25, -0.2) is 19.6 Å². The molecule has 36 heavy (non-hydrogen) atoms. The maximum Gasteiger partial charge on any atom is 0.408 e. The molecule has 1 fully saturated rings. The van der Waals surface area contributed by atoms with E-state index in [0.29, 0.717) is 12.8 Å². The van der Waals surface area contributed by atoms with Crippen molar-refractivity contribution in [2.75, 3.05) is 0 Å². The molecular formula is C27H33FN4O4. The van der Waals surface area contributed by atoms with Crippen molar-refractivity contribution < 1.29 is 23.8 Å². The molecule has 0 radical (unpaired) electrons. The van der Waals surface area contributed by atoms with Crippen LogP contribution >= 0.6 is 0 Å². The van der Waals surface area contributed by atoms with Crippen molar-refractivity contribution in [1.82, 2.24) is 20.7 Å². The summed E-state index contributed by atoms with van der Waals surface area (Å²) in [4.78, 5) is 27.8. The molecule has 0 bridgehead atoms. The number of halogens is 1. The minimum absolute atomic E-state index is 0.0478. The molecule has 1 saturated heterocycles. The lowest BCUT2D eigenvalue weighted by molar-refractivity contribution is -0.137. The molecular weight excluding hydrogens is 463 g/mol. The molecule has 2 heterocycles. The fraction of sp³-hybridized carbons (Fsp3) is 0.407. The third-order valence-electron chi connectivity index (χ3n) is 6.31. The van der Waals surface area contributed by atoms with Crippen molar-refractivity contribution in [2.45, 2.75) is 70.3 Å². The van der Waals surface area contributed by atoms with Crippen LogP contribution in [-0.4, -0.2) is 51.0 Å². The van der Waals surface area contributed by atoms with E-state index in [0.717, 1.165) is 22.0 Å². The summed E-state index contributed by atoms with van der Waals surface area (Å²) in [6.45, 7) is 7.30. The first-order chi connectivity index (χ1) is 17.0. The van der Waals surface area contributed by atoms with Crippen LogP contribution in [0.15, 0.2) is 54.7 Å². The van der Waals surface area contributed by atoms with Crippen LogP contribution in [0, 0.1) is 5.82 Å². The smallest absolute Gasteiger partial charge is 0.408 e. The number of carboxylic acids is 1. The minimum Gasteiger partial charge on any atom is -0.480 e. The molecule has 3 aromatic rings. The van der Waals surface area contributed by atoms with Gasteiger partial charge in [0.05, 0.1) is 12.2 Å². The van der Waals surface area contributed by atoms with Gasteiger partial charge in [-0.05, 0) is 68.9 Å². The van der Waals surface area contributed by atoms with E-state index in [1.807, 2.05) is 37.4 Å². The summed E-state index contributed by atoms with van der Waals surface area (Å²) in [5.74, 6) is -1.30. The first-order valence-electron chi connectivity index (χ1n) is 12.1. The molecule has 5 atom stereocenters. The highest BCUT2D eigenvalue weighted by Gasteiger charge is 2.54. The van der Waals surface area contributed by atoms with Crippen LogP contribution in [0.25, 0.3) is 10.9 Å². The van der Waals surface area contributed by atoms with Crippen LogP contribution in [0.3, 0.4) is 0 Å². The van der Waals surface area contributed by atoms with Crippen LogP contribution in [-0.2, 0) is 16.0 Å². The summed E-state index contributed by atoms with van der Waals surface area (Å²) in [7, 11) is 0. The van der Waals surface area contributed by atoms with E-state index in [1.54, 1.807) is 37.9 Å². The van der Waals surface area contributed by atoms with Crippen molar-refractivity contribution in [1.29, 1.82) is 0 Å². The van der Waals surface area contributed by atoms with Crippen molar-refractivity contribution >= 4 is 23.0 Å². The maximum absolute atomic E-state index is 13.4. The number of hydrogen-bond acceptors (Lipinski definition) is 5. The lowest BCUT2D eigenvalue weighted by atomic mass is 9.96. The number of amides is 1. The highest BCUT2D eigenvalue weighted by Crippen LogP contribution is 2.32. The molecule has 0 aliphatic carbocycles. The lowest BCUT2D eigenvalue weighted by Gasteiger charge is -2.27. The van der Waals surface area contributed by atoms with Crippen LogP contribution in [0.1, 0.15) is 51.2 Å². The molecule has 9 heteroatoms. The quantitative estimate of drug-likeness (QED) is 0.256. The molecule has 1 aliphatic rings. The van der Waals surface area contributed by atoms with Crippen LogP contribution in [0.2, 0.25) is 0 Å². The zero-order valence-electron chi connectivity index (χ0n) is 20.9. The SMILES string of the molecule is CC(CC(NC(=O)OC(C)(C)C)NN1[C@H](Cc2c[nH]c3ccccc23)[C@@H]1C(=O)O)c1ccc(F)cc1. The second kappa shape index (κ2) is 10.3. The molecule has 8 nitrogen and oxygen atoms in total. The number of H-pyrrole nitrogens is 1. The second-order valence-electron chi connectivity index (χ2n) is 10.3. The highest BCUT2D eigenvalue weighted by molar-refractivity contribution is 5.84. The number of aromatic nitrogens is 1. The van der Waals surface area contributed by atoms with Crippen molar-refractivity contribution in [2.24, 2.45) is 0 Å². The molecule has 1 aliphatic heterocycles. The number of para-hydroxylation sites is 1. The number of aromatic amines is 1. The number of ether oxygens (including phenoxy) is 1. The Balaban J connectivity index is 1.50. The Morgan fingerprint density at radius 1 is 1.17 bits per heavy atom. The Hall–Kier alpha value is -3.43. The second-order valence-corrected chi connectivity index (χ2v) is 10.3. The third kappa shape index (κ3) is 6.22. The summed E-state index contributed by atoms with van der Waals surface area (Å²) in [5, 5.41) is 15.4. The van der Waals surface area contributed by atoms with E-state index in [-0.39, 0.29) is 17.8 Å². The molecule has 4 N–H and O–H groups in total. The number of carboxylic acid groups (broad SMARTS) is 1. The molecule has 192 valence electrons. The van der Waals surface area contributed by atoms with Gasteiger partial charge in [0, 0.05) is 17.1 Å². The monoisotopic (exact) mass is 496 g/mol.